The molecule has 2 aromatic rings. The number of benzene rings is 2. The van der Waals surface area contributed by atoms with Gasteiger partial charge in [0.15, 0.2) is 0 Å². The molecule has 1 heterocycles. The standard InChI is InChI=1S/C24H33NO3/c1-23(2)18-24(13-14-28-23,20-7-5-4-6-8-20)21(17-26)16-25-15-19-9-11-22(27-3)12-10-19/h4-12,21,25-26H,13-18H2,1-3H3/p+1/t21-,24+/m1/s1. The van der Waals surface area contributed by atoms with Crippen LogP contribution >= 0.6 is 0 Å². The maximum absolute atomic E-state index is 10.4. The van der Waals surface area contributed by atoms with E-state index in [1.54, 1.807) is 7.11 Å². The molecule has 1 saturated heterocycles. The van der Waals surface area contributed by atoms with Crippen molar-refractivity contribution in [3.63, 3.8) is 0 Å². The van der Waals surface area contributed by atoms with E-state index in [9.17, 15) is 5.11 Å². The van der Waals surface area contributed by atoms with Gasteiger partial charge in [-0.2, -0.15) is 0 Å². The second-order valence-electron chi connectivity index (χ2n) is 8.51. The molecule has 1 fully saturated rings. The first-order valence-corrected chi connectivity index (χ1v) is 10.2. The topological polar surface area (TPSA) is 55.3 Å². The normalized spacial score (nSPS) is 22.6. The minimum absolute atomic E-state index is 0.0613. The van der Waals surface area contributed by atoms with Crippen molar-refractivity contribution < 1.29 is 19.9 Å². The van der Waals surface area contributed by atoms with Gasteiger partial charge in [0.1, 0.15) is 12.3 Å². The van der Waals surface area contributed by atoms with E-state index >= 15 is 0 Å². The number of aliphatic hydroxyl groups is 1. The van der Waals surface area contributed by atoms with E-state index in [2.05, 4.69) is 61.6 Å². The lowest BCUT2D eigenvalue weighted by Gasteiger charge is -2.48. The van der Waals surface area contributed by atoms with Crippen LogP contribution in [0.4, 0.5) is 0 Å². The van der Waals surface area contributed by atoms with Gasteiger partial charge in [-0.3, -0.25) is 0 Å². The number of aliphatic hydroxyl groups excluding tert-OH is 1. The fraction of sp³-hybridized carbons (Fsp3) is 0.500. The van der Waals surface area contributed by atoms with E-state index in [-0.39, 0.29) is 23.5 Å². The van der Waals surface area contributed by atoms with Crippen LogP contribution in [0.5, 0.6) is 5.75 Å². The number of rotatable bonds is 8. The van der Waals surface area contributed by atoms with Crippen LogP contribution in [-0.2, 0) is 16.7 Å². The lowest BCUT2D eigenvalue weighted by atomic mass is 9.62. The molecule has 1 aliphatic rings. The highest BCUT2D eigenvalue weighted by Crippen LogP contribution is 2.46. The average Bonchev–Trinajstić information content (AvgIpc) is 2.71. The summed E-state index contributed by atoms with van der Waals surface area (Å²) in [4.78, 5) is 0. The van der Waals surface area contributed by atoms with Gasteiger partial charge in [-0.15, -0.1) is 0 Å². The summed E-state index contributed by atoms with van der Waals surface area (Å²) in [6.45, 7) is 7.03. The number of nitrogens with two attached hydrogens (primary N) is 1. The molecule has 0 aromatic heterocycles. The molecular weight excluding hydrogens is 350 g/mol. The molecule has 1 aliphatic heterocycles. The molecule has 3 rings (SSSR count). The summed E-state index contributed by atoms with van der Waals surface area (Å²) in [5.41, 5.74) is 2.34. The number of quaternary nitrogens is 1. The first-order valence-electron chi connectivity index (χ1n) is 10.2. The number of hydrogen-bond acceptors (Lipinski definition) is 3. The van der Waals surface area contributed by atoms with Crippen molar-refractivity contribution in [3.8, 4) is 5.75 Å². The predicted octanol–water partition coefficient (Wildman–Crippen LogP) is 2.89. The minimum atomic E-state index is -0.183. The highest BCUT2D eigenvalue weighted by Gasteiger charge is 2.47. The Morgan fingerprint density at radius 2 is 1.82 bits per heavy atom. The smallest absolute Gasteiger partial charge is 0.118 e. The van der Waals surface area contributed by atoms with Crippen molar-refractivity contribution in [2.45, 2.75) is 44.2 Å². The summed E-state index contributed by atoms with van der Waals surface area (Å²) in [6, 6.07) is 18.9. The van der Waals surface area contributed by atoms with Crippen LogP contribution in [-0.4, -0.2) is 37.6 Å². The predicted molar refractivity (Wildman–Crippen MR) is 111 cm³/mol. The second kappa shape index (κ2) is 9.08. The Kier molecular flexibility index (Phi) is 6.76. The quantitative estimate of drug-likeness (QED) is 0.736. The van der Waals surface area contributed by atoms with Crippen molar-refractivity contribution in [3.05, 3.63) is 65.7 Å². The van der Waals surface area contributed by atoms with Crippen molar-refractivity contribution in [2.75, 3.05) is 26.9 Å². The van der Waals surface area contributed by atoms with Gasteiger partial charge in [-0.1, -0.05) is 30.3 Å². The SMILES string of the molecule is COc1ccc(C[NH2+]C[C@H](CO)[C@@]2(c3ccccc3)CCOC(C)(C)C2)cc1. The van der Waals surface area contributed by atoms with Crippen molar-refractivity contribution in [1.29, 1.82) is 0 Å². The maximum Gasteiger partial charge on any atom is 0.118 e. The molecule has 0 radical (unpaired) electrons. The van der Waals surface area contributed by atoms with Crippen LogP contribution in [0.3, 0.4) is 0 Å². The maximum atomic E-state index is 10.4. The van der Waals surface area contributed by atoms with E-state index in [0.29, 0.717) is 0 Å². The van der Waals surface area contributed by atoms with Gasteiger partial charge in [-0.05, 0) is 56.5 Å². The molecule has 0 aliphatic carbocycles. The first-order chi connectivity index (χ1) is 13.5. The Morgan fingerprint density at radius 1 is 1.11 bits per heavy atom. The summed E-state index contributed by atoms with van der Waals surface area (Å²) in [7, 11) is 1.69. The van der Waals surface area contributed by atoms with E-state index in [4.69, 9.17) is 9.47 Å². The summed E-state index contributed by atoms with van der Waals surface area (Å²) in [5.74, 6) is 1.06. The van der Waals surface area contributed by atoms with Gasteiger partial charge in [-0.25, -0.2) is 0 Å². The van der Waals surface area contributed by atoms with E-state index in [0.717, 1.165) is 38.3 Å². The molecule has 0 bridgehead atoms. The molecular formula is C24H34NO3+. The molecule has 0 amide bonds. The summed E-state index contributed by atoms with van der Waals surface area (Å²) >= 11 is 0. The highest BCUT2D eigenvalue weighted by molar-refractivity contribution is 5.29. The zero-order chi connectivity index (χ0) is 20.0. The first kappa shape index (κ1) is 20.8. The fourth-order valence-corrected chi connectivity index (χ4v) is 4.70. The van der Waals surface area contributed by atoms with Crippen molar-refractivity contribution in [2.24, 2.45) is 5.92 Å². The van der Waals surface area contributed by atoms with Crippen LogP contribution in [0, 0.1) is 5.92 Å². The average molecular weight is 385 g/mol. The van der Waals surface area contributed by atoms with Gasteiger partial charge < -0.3 is 19.9 Å². The molecule has 2 atom stereocenters. The lowest BCUT2D eigenvalue weighted by molar-refractivity contribution is -0.677. The number of ether oxygens (including phenoxy) is 2. The van der Waals surface area contributed by atoms with Gasteiger partial charge in [0.25, 0.3) is 0 Å². The molecule has 0 unspecified atom stereocenters. The third-order valence-corrected chi connectivity index (χ3v) is 6.12. The van der Waals surface area contributed by atoms with Crippen LogP contribution in [0.25, 0.3) is 0 Å². The third-order valence-electron chi connectivity index (χ3n) is 6.12. The molecule has 28 heavy (non-hydrogen) atoms. The van der Waals surface area contributed by atoms with Crippen LogP contribution in [0.2, 0.25) is 0 Å². The van der Waals surface area contributed by atoms with Crippen LogP contribution < -0.4 is 10.1 Å². The lowest BCUT2D eigenvalue weighted by Crippen LogP contribution is -2.85. The molecule has 152 valence electrons. The summed E-state index contributed by atoms with van der Waals surface area (Å²) in [5, 5.41) is 12.7. The van der Waals surface area contributed by atoms with Gasteiger partial charge in [0.2, 0.25) is 0 Å². The molecule has 4 heteroatoms. The number of hydrogen-bond donors (Lipinski definition) is 2. The van der Waals surface area contributed by atoms with E-state index < -0.39 is 0 Å². The Bertz CT molecular complexity index is 729. The van der Waals surface area contributed by atoms with Gasteiger partial charge in [0.05, 0.1) is 25.9 Å². The molecule has 3 N–H and O–H groups in total. The Hall–Kier alpha value is -1.88. The zero-order valence-electron chi connectivity index (χ0n) is 17.4. The largest absolute Gasteiger partial charge is 0.497 e. The van der Waals surface area contributed by atoms with Crippen LogP contribution in [0.1, 0.15) is 37.8 Å². The molecule has 0 saturated carbocycles. The Balaban J connectivity index is 1.75. The minimum Gasteiger partial charge on any atom is -0.497 e. The second-order valence-corrected chi connectivity index (χ2v) is 8.51. The number of methoxy groups -OCH3 is 1. The summed E-state index contributed by atoms with van der Waals surface area (Å²) in [6.07, 6.45) is 1.87. The van der Waals surface area contributed by atoms with Gasteiger partial charge >= 0.3 is 0 Å². The van der Waals surface area contributed by atoms with Crippen molar-refractivity contribution in [1.82, 2.24) is 0 Å². The summed E-state index contributed by atoms with van der Waals surface area (Å²) < 4.78 is 11.3. The van der Waals surface area contributed by atoms with E-state index in [1.165, 1.54) is 11.1 Å². The van der Waals surface area contributed by atoms with Crippen molar-refractivity contribution >= 4 is 0 Å². The third kappa shape index (κ3) is 4.75. The van der Waals surface area contributed by atoms with E-state index in [1.807, 2.05) is 12.1 Å². The molecule has 0 spiro atoms. The molecule has 4 nitrogen and oxygen atoms in total. The fourth-order valence-electron chi connectivity index (χ4n) is 4.70. The van der Waals surface area contributed by atoms with Crippen LogP contribution in [0.15, 0.2) is 54.6 Å². The Labute approximate surface area is 168 Å². The zero-order valence-corrected chi connectivity index (χ0v) is 17.4. The highest BCUT2D eigenvalue weighted by atomic mass is 16.5. The monoisotopic (exact) mass is 384 g/mol. The van der Waals surface area contributed by atoms with Gasteiger partial charge in [0, 0.05) is 23.5 Å². The molecule has 2 aromatic carbocycles. The Morgan fingerprint density at radius 3 is 2.43 bits per heavy atom.